The van der Waals surface area contributed by atoms with Crippen LogP contribution < -0.4 is 5.32 Å². The third kappa shape index (κ3) is 4.29. The summed E-state index contributed by atoms with van der Waals surface area (Å²) in [5, 5.41) is 15.0. The fourth-order valence-corrected chi connectivity index (χ4v) is 4.76. The fourth-order valence-electron chi connectivity index (χ4n) is 3.91. The molecule has 1 amide bonds. The van der Waals surface area contributed by atoms with Crippen molar-refractivity contribution in [3.8, 4) is 11.3 Å². The Kier molecular flexibility index (Phi) is 5.73. The van der Waals surface area contributed by atoms with Crippen molar-refractivity contribution in [1.29, 1.82) is 0 Å². The monoisotopic (exact) mass is 449 g/mol. The smallest absolute Gasteiger partial charge is 0.270 e. The fraction of sp³-hybridized carbons (Fsp3) is 0.292. The van der Waals surface area contributed by atoms with E-state index in [1.807, 2.05) is 36.6 Å². The van der Waals surface area contributed by atoms with Gasteiger partial charge in [0, 0.05) is 19.1 Å². The minimum Gasteiger partial charge on any atom is -0.449 e. The van der Waals surface area contributed by atoms with Crippen LogP contribution >= 0.6 is 11.3 Å². The Hall–Kier alpha value is -3.07. The van der Waals surface area contributed by atoms with E-state index in [-0.39, 0.29) is 18.6 Å². The van der Waals surface area contributed by atoms with E-state index in [0.29, 0.717) is 31.0 Å². The van der Waals surface area contributed by atoms with Crippen LogP contribution in [0.2, 0.25) is 0 Å². The van der Waals surface area contributed by atoms with Gasteiger partial charge in [-0.3, -0.25) is 4.79 Å². The zero-order valence-electron chi connectivity index (χ0n) is 17.6. The van der Waals surface area contributed by atoms with E-state index >= 15 is 0 Å². The van der Waals surface area contributed by atoms with Gasteiger partial charge in [0.1, 0.15) is 17.7 Å². The van der Waals surface area contributed by atoms with Crippen LogP contribution in [-0.4, -0.2) is 46.3 Å². The number of hydrogen-bond acceptors (Lipinski definition) is 7. The minimum absolute atomic E-state index is 0.233. The van der Waals surface area contributed by atoms with Gasteiger partial charge in [-0.2, -0.15) is 0 Å². The van der Waals surface area contributed by atoms with Crippen LogP contribution in [0.4, 0.5) is 0 Å². The molecule has 1 aromatic carbocycles. The maximum atomic E-state index is 12.9. The third-order valence-corrected chi connectivity index (χ3v) is 6.61. The summed E-state index contributed by atoms with van der Waals surface area (Å²) in [6.45, 7) is 2.58. The molecule has 4 heterocycles. The lowest BCUT2D eigenvalue weighted by Gasteiger charge is -2.28. The van der Waals surface area contributed by atoms with Crippen molar-refractivity contribution in [3.63, 3.8) is 0 Å². The molecule has 5 rings (SSSR count). The predicted octanol–water partition coefficient (Wildman–Crippen LogP) is 3.73. The highest BCUT2D eigenvalue weighted by Crippen LogP contribution is 2.27. The molecule has 2 N–H and O–H groups in total. The summed E-state index contributed by atoms with van der Waals surface area (Å²) in [6, 6.07) is 11.6. The molecule has 8 heteroatoms. The summed E-state index contributed by atoms with van der Waals surface area (Å²) in [5.41, 5.74) is 5.15. The van der Waals surface area contributed by atoms with E-state index in [0.717, 1.165) is 32.6 Å². The molecule has 7 nitrogen and oxygen atoms in total. The Balaban J connectivity index is 1.39. The number of carbonyl (C=O) groups excluding carboxylic acids is 1. The highest BCUT2D eigenvalue weighted by atomic mass is 32.1. The summed E-state index contributed by atoms with van der Waals surface area (Å²) in [4.78, 5) is 21.8. The molecule has 32 heavy (non-hydrogen) atoms. The molecule has 0 bridgehead atoms. The summed E-state index contributed by atoms with van der Waals surface area (Å²) in [5.74, 6) is 0.363. The third-order valence-electron chi connectivity index (χ3n) is 5.63. The Morgan fingerprint density at radius 3 is 2.84 bits per heavy atom. The zero-order valence-corrected chi connectivity index (χ0v) is 18.4. The number of nitrogens with one attached hydrogen (secondary N) is 1. The first-order chi connectivity index (χ1) is 15.6. The molecule has 0 saturated carbocycles. The first-order valence-corrected chi connectivity index (χ1v) is 11.4. The number of hydrogen-bond donors (Lipinski definition) is 2. The second-order valence-corrected chi connectivity index (χ2v) is 8.85. The average Bonchev–Trinajstić information content (AvgIpc) is 3.45. The molecule has 1 aliphatic heterocycles. The van der Waals surface area contributed by atoms with Gasteiger partial charge in [0.2, 0.25) is 0 Å². The zero-order chi connectivity index (χ0) is 22.1. The molecule has 4 aromatic rings. The number of fused-ring (bicyclic) bond motifs is 1. The maximum Gasteiger partial charge on any atom is 0.270 e. The number of carbonyl (C=O) groups is 1. The van der Waals surface area contributed by atoms with Gasteiger partial charge in [-0.15, -0.1) is 11.3 Å². The number of aliphatic hydroxyl groups is 1. The van der Waals surface area contributed by atoms with Gasteiger partial charge in [-0.05, 0) is 41.5 Å². The number of pyridine rings is 1. The lowest BCUT2D eigenvalue weighted by Crippen LogP contribution is -2.48. The molecule has 0 unspecified atom stereocenters. The van der Waals surface area contributed by atoms with Crippen LogP contribution in [0.1, 0.15) is 33.9 Å². The molecule has 0 spiro atoms. The van der Waals surface area contributed by atoms with Gasteiger partial charge >= 0.3 is 0 Å². The van der Waals surface area contributed by atoms with E-state index in [4.69, 9.17) is 9.15 Å². The highest BCUT2D eigenvalue weighted by molar-refractivity contribution is 7.17. The van der Waals surface area contributed by atoms with Crippen molar-refractivity contribution in [2.75, 3.05) is 13.2 Å². The Labute approximate surface area is 189 Å². The predicted molar refractivity (Wildman–Crippen MR) is 122 cm³/mol. The molecule has 0 radical (unpaired) electrons. The van der Waals surface area contributed by atoms with Crippen LogP contribution in [0.15, 0.2) is 52.5 Å². The van der Waals surface area contributed by atoms with Crippen molar-refractivity contribution in [3.05, 3.63) is 70.8 Å². The van der Waals surface area contributed by atoms with Crippen molar-refractivity contribution in [2.45, 2.75) is 31.9 Å². The quantitative estimate of drug-likeness (QED) is 0.482. The normalized spacial score (nSPS) is 18.7. The summed E-state index contributed by atoms with van der Waals surface area (Å²) in [7, 11) is 0. The van der Waals surface area contributed by atoms with Crippen molar-refractivity contribution in [2.24, 2.45) is 0 Å². The summed E-state index contributed by atoms with van der Waals surface area (Å²) < 4.78 is 11.6. The topological polar surface area (TPSA) is 97.5 Å². The Morgan fingerprint density at radius 2 is 2.09 bits per heavy atom. The molecular weight excluding hydrogens is 426 g/mol. The van der Waals surface area contributed by atoms with Gasteiger partial charge in [0.05, 0.1) is 29.0 Å². The maximum absolute atomic E-state index is 12.9. The standard InChI is InChI=1S/C24H23N3O4S/c1-14-25-21(12-31-14)16-4-2-15(3-5-16)10-17-11-20(26-19-7-9-32-23(17)19)24(29)27-18-6-8-30-13-22(18)28/h2-5,7,9,11-12,18,22,28H,6,8,10,13H2,1H3,(H,27,29)/t18-,22-/m1/s1. The largest absolute Gasteiger partial charge is 0.449 e. The van der Waals surface area contributed by atoms with E-state index in [1.165, 1.54) is 0 Å². The number of rotatable bonds is 5. The summed E-state index contributed by atoms with van der Waals surface area (Å²) >= 11 is 1.62. The van der Waals surface area contributed by atoms with E-state index in [1.54, 1.807) is 17.6 Å². The van der Waals surface area contributed by atoms with E-state index < -0.39 is 6.10 Å². The van der Waals surface area contributed by atoms with Gasteiger partial charge in [0.25, 0.3) is 5.91 Å². The number of nitrogens with zero attached hydrogens (tertiary/aromatic N) is 2. The van der Waals surface area contributed by atoms with E-state index in [2.05, 4.69) is 27.4 Å². The Bertz CT molecular complexity index is 1250. The van der Waals surface area contributed by atoms with Crippen LogP contribution in [0, 0.1) is 6.92 Å². The van der Waals surface area contributed by atoms with Crippen LogP contribution in [-0.2, 0) is 11.2 Å². The van der Waals surface area contributed by atoms with Gasteiger partial charge in [-0.1, -0.05) is 24.3 Å². The number of ether oxygens (including phenoxy) is 1. The lowest BCUT2D eigenvalue weighted by molar-refractivity contribution is -0.0261. The molecular formula is C24H23N3O4S. The SMILES string of the molecule is Cc1nc(-c2ccc(Cc3cc(C(=O)N[C@@H]4CCOC[C@H]4O)nc4ccsc34)cc2)co1. The molecule has 164 valence electrons. The van der Waals surface area contributed by atoms with Gasteiger partial charge < -0.3 is 19.6 Å². The molecule has 1 fully saturated rings. The second kappa shape index (κ2) is 8.82. The molecule has 1 aliphatic rings. The van der Waals surface area contributed by atoms with Gasteiger partial charge in [0.15, 0.2) is 5.89 Å². The number of aryl methyl sites for hydroxylation is 1. The number of oxazole rings is 1. The highest BCUT2D eigenvalue weighted by Gasteiger charge is 2.26. The number of aliphatic hydroxyl groups excluding tert-OH is 1. The van der Waals surface area contributed by atoms with Gasteiger partial charge in [-0.25, -0.2) is 9.97 Å². The van der Waals surface area contributed by atoms with Crippen molar-refractivity contribution < 1.29 is 19.1 Å². The summed E-state index contributed by atoms with van der Waals surface area (Å²) in [6.07, 6.45) is 2.21. The number of benzene rings is 1. The lowest BCUT2D eigenvalue weighted by atomic mass is 10.0. The first kappa shape index (κ1) is 20.8. The first-order valence-electron chi connectivity index (χ1n) is 10.5. The van der Waals surface area contributed by atoms with Crippen LogP contribution in [0.25, 0.3) is 21.5 Å². The molecule has 2 atom stereocenters. The second-order valence-electron chi connectivity index (χ2n) is 7.94. The number of amides is 1. The minimum atomic E-state index is -0.705. The van der Waals surface area contributed by atoms with Crippen molar-refractivity contribution >= 4 is 27.5 Å². The number of aromatic nitrogens is 2. The average molecular weight is 450 g/mol. The van der Waals surface area contributed by atoms with Crippen LogP contribution in [0.5, 0.6) is 0 Å². The number of thiophene rings is 1. The molecule has 0 aliphatic carbocycles. The van der Waals surface area contributed by atoms with E-state index in [9.17, 15) is 9.90 Å². The molecule has 3 aromatic heterocycles. The molecule has 1 saturated heterocycles. The van der Waals surface area contributed by atoms with Crippen LogP contribution in [0.3, 0.4) is 0 Å². The van der Waals surface area contributed by atoms with Crippen molar-refractivity contribution in [1.82, 2.24) is 15.3 Å². The Morgan fingerprint density at radius 1 is 1.25 bits per heavy atom.